The maximum absolute atomic E-state index is 9.99. The summed E-state index contributed by atoms with van der Waals surface area (Å²) in [6.07, 6.45) is 1.92. The van der Waals surface area contributed by atoms with Crippen molar-refractivity contribution in [2.45, 2.75) is 19.4 Å². The molecule has 1 amide bonds. The maximum atomic E-state index is 9.99. The van der Waals surface area contributed by atoms with Gasteiger partial charge in [0.05, 0.1) is 6.04 Å². The molecule has 46 valence electrons. The summed E-state index contributed by atoms with van der Waals surface area (Å²) in [7, 11) is 0. The zero-order valence-electron chi connectivity index (χ0n) is 4.76. The summed E-state index contributed by atoms with van der Waals surface area (Å²) in [6, 6.07) is 0.447. The number of carbonyl (C=O) groups excluding carboxylic acids is 1. The van der Waals surface area contributed by atoms with E-state index in [0.29, 0.717) is 16.3 Å². The first kappa shape index (κ1) is 6.11. The lowest BCUT2D eigenvalue weighted by Crippen LogP contribution is -3.08. The van der Waals surface area contributed by atoms with Gasteiger partial charge >= 0.3 is 0 Å². The molecular formula is C5H9NOS. The molecule has 1 rings (SSSR count). The van der Waals surface area contributed by atoms with Crippen LogP contribution in [-0.2, 0) is 17.6 Å². The molecule has 8 heavy (non-hydrogen) atoms. The molecule has 1 unspecified atom stereocenters. The Kier molecular flexibility index (Phi) is 1.58. The van der Waals surface area contributed by atoms with E-state index in [-0.39, 0.29) is 0 Å². The lowest BCUT2D eigenvalue weighted by molar-refractivity contribution is -0.671. The third-order valence-electron chi connectivity index (χ3n) is 1.59. The highest BCUT2D eigenvalue weighted by molar-refractivity contribution is 7.51. The van der Waals surface area contributed by atoms with E-state index in [1.807, 2.05) is 0 Å². The summed E-state index contributed by atoms with van der Waals surface area (Å²) in [5.74, 6) is 0.674. The summed E-state index contributed by atoms with van der Waals surface area (Å²) < 4.78 is 0.609. The second-order valence-electron chi connectivity index (χ2n) is 2.34. The number of hydrogen-bond donors (Lipinski definition) is 1. The maximum Gasteiger partial charge on any atom is 0.282 e. The second kappa shape index (κ2) is 2.07. The van der Waals surface area contributed by atoms with Crippen LogP contribution in [0.5, 0.6) is 0 Å². The topological polar surface area (TPSA) is 21.5 Å². The van der Waals surface area contributed by atoms with Gasteiger partial charge in [0.25, 0.3) is 6.41 Å². The first-order chi connectivity index (χ1) is 3.75. The zero-order chi connectivity index (χ0) is 6.15. The van der Waals surface area contributed by atoms with Gasteiger partial charge in [-0.05, 0) is 0 Å². The Morgan fingerprint density at radius 1 is 1.88 bits per heavy atom. The monoisotopic (exact) mass is 131 g/mol. The molecule has 2 nitrogen and oxygen atoms in total. The fraction of sp³-hybridized carbons (Fsp3) is 0.800. The molecule has 0 aromatic heterocycles. The van der Waals surface area contributed by atoms with Crippen molar-refractivity contribution in [3.8, 4) is 0 Å². The van der Waals surface area contributed by atoms with E-state index in [0.717, 1.165) is 12.8 Å². The Hall–Kier alpha value is -0.0200. The van der Waals surface area contributed by atoms with Crippen LogP contribution < -0.4 is 4.31 Å². The van der Waals surface area contributed by atoms with Crippen LogP contribution >= 0.6 is 0 Å². The predicted octanol–water partition coefficient (Wildman–Crippen LogP) is -1.10. The number of carbonyl (C=O) groups is 1. The molecule has 1 saturated carbocycles. The largest absolute Gasteiger partial charge is 0.487 e. The standard InChI is InChI=1S/C5H9NOS/c1-4-2-5(4)6(8)3-7/h3-6H,2H2,1H3/t4-,5-/m0/s1. The van der Waals surface area contributed by atoms with Gasteiger partial charge in [0.2, 0.25) is 0 Å². The summed E-state index contributed by atoms with van der Waals surface area (Å²) in [5, 5.41) is 0. The van der Waals surface area contributed by atoms with E-state index in [1.165, 1.54) is 0 Å². The van der Waals surface area contributed by atoms with Gasteiger partial charge < -0.3 is 17.1 Å². The molecule has 0 aromatic rings. The van der Waals surface area contributed by atoms with E-state index >= 15 is 0 Å². The van der Waals surface area contributed by atoms with Crippen LogP contribution in [-0.4, -0.2) is 12.5 Å². The number of hydrogen-bond acceptors (Lipinski definition) is 2. The Labute approximate surface area is 54.4 Å². The van der Waals surface area contributed by atoms with Gasteiger partial charge in [0.15, 0.2) is 0 Å². The van der Waals surface area contributed by atoms with Gasteiger partial charge in [-0.15, -0.1) is 0 Å². The molecular weight excluding hydrogens is 122 g/mol. The minimum atomic E-state index is 0.447. The van der Waals surface area contributed by atoms with E-state index in [4.69, 9.17) is 12.8 Å². The van der Waals surface area contributed by atoms with E-state index in [1.54, 1.807) is 0 Å². The van der Waals surface area contributed by atoms with Crippen molar-refractivity contribution >= 4 is 19.2 Å². The summed E-state index contributed by atoms with van der Waals surface area (Å²) in [6.45, 7) is 2.11. The molecule has 1 aliphatic carbocycles. The highest BCUT2D eigenvalue weighted by Crippen LogP contribution is 2.25. The Morgan fingerprint density at radius 3 is 2.50 bits per heavy atom. The molecule has 1 aliphatic rings. The van der Waals surface area contributed by atoms with E-state index in [9.17, 15) is 4.79 Å². The molecule has 0 heterocycles. The highest BCUT2D eigenvalue weighted by atomic mass is 32.1. The lowest BCUT2D eigenvalue weighted by Gasteiger charge is -2.13. The van der Waals surface area contributed by atoms with Crippen molar-refractivity contribution in [3.05, 3.63) is 0 Å². The van der Waals surface area contributed by atoms with Crippen LogP contribution in [0.15, 0.2) is 0 Å². The number of amides is 1. The minimum Gasteiger partial charge on any atom is -0.487 e. The zero-order valence-corrected chi connectivity index (χ0v) is 5.57. The van der Waals surface area contributed by atoms with Crippen molar-refractivity contribution in [1.29, 1.82) is 0 Å². The van der Waals surface area contributed by atoms with Crippen molar-refractivity contribution < 1.29 is 9.10 Å². The minimum absolute atomic E-state index is 0.447. The number of nitrogens with one attached hydrogen (secondary N) is 1. The van der Waals surface area contributed by atoms with Crippen LogP contribution in [0.25, 0.3) is 0 Å². The van der Waals surface area contributed by atoms with Crippen molar-refractivity contribution in [1.82, 2.24) is 0 Å². The van der Waals surface area contributed by atoms with E-state index < -0.39 is 0 Å². The van der Waals surface area contributed by atoms with Crippen molar-refractivity contribution in [3.63, 3.8) is 0 Å². The van der Waals surface area contributed by atoms with Crippen LogP contribution in [0.1, 0.15) is 13.3 Å². The smallest absolute Gasteiger partial charge is 0.282 e. The average molecular weight is 131 g/mol. The fourth-order valence-corrected chi connectivity index (χ4v) is 1.13. The molecule has 1 N–H and O–H groups in total. The van der Waals surface area contributed by atoms with Crippen molar-refractivity contribution in [2.24, 2.45) is 5.92 Å². The van der Waals surface area contributed by atoms with Crippen molar-refractivity contribution in [2.75, 3.05) is 0 Å². The lowest BCUT2D eigenvalue weighted by atomic mass is 10.5. The molecule has 1 fully saturated rings. The van der Waals surface area contributed by atoms with Crippen LogP contribution in [0.4, 0.5) is 0 Å². The van der Waals surface area contributed by atoms with Gasteiger partial charge in [-0.2, -0.15) is 0 Å². The molecule has 0 saturated heterocycles. The summed E-state index contributed by atoms with van der Waals surface area (Å²) in [5.41, 5.74) is 0. The van der Waals surface area contributed by atoms with Gasteiger partial charge in [-0.25, -0.2) is 4.79 Å². The molecule has 3 heteroatoms. The number of rotatable bonds is 2. The van der Waals surface area contributed by atoms with Gasteiger partial charge in [-0.3, -0.25) is 0 Å². The highest BCUT2D eigenvalue weighted by Gasteiger charge is 2.37. The normalized spacial score (nSPS) is 38.8. The molecule has 0 bridgehead atoms. The third kappa shape index (κ3) is 1.03. The first-order valence-electron chi connectivity index (χ1n) is 2.74. The summed E-state index contributed by atoms with van der Waals surface area (Å²) >= 11 is 4.75. The van der Waals surface area contributed by atoms with Gasteiger partial charge in [0, 0.05) is 12.3 Å². The van der Waals surface area contributed by atoms with Crippen LogP contribution in [0, 0.1) is 5.92 Å². The summed E-state index contributed by atoms with van der Waals surface area (Å²) in [4.78, 5) is 9.99. The van der Waals surface area contributed by atoms with Crippen LogP contribution in [0.3, 0.4) is 0 Å². The van der Waals surface area contributed by atoms with E-state index in [2.05, 4.69) is 6.92 Å². The molecule has 0 radical (unpaired) electrons. The second-order valence-corrected chi connectivity index (χ2v) is 2.81. The Balaban J connectivity index is 2.27. The van der Waals surface area contributed by atoms with Gasteiger partial charge in [0.1, 0.15) is 0 Å². The Bertz CT molecular complexity index is 107. The SMILES string of the molecule is C[C@H]1C[C@@H]1[NH+]([S-])C=O. The molecule has 0 aromatic carbocycles. The average Bonchev–Trinajstić information content (AvgIpc) is 2.45. The van der Waals surface area contributed by atoms with Crippen LogP contribution in [0.2, 0.25) is 0 Å². The molecule has 0 spiro atoms. The van der Waals surface area contributed by atoms with Gasteiger partial charge in [-0.1, -0.05) is 6.92 Å². The third-order valence-corrected chi connectivity index (χ3v) is 1.99. The number of quaternary nitrogens is 1. The Morgan fingerprint density at radius 2 is 2.38 bits per heavy atom. The molecule has 0 aliphatic heterocycles. The first-order valence-corrected chi connectivity index (χ1v) is 3.15. The molecule has 3 atom stereocenters. The fourth-order valence-electron chi connectivity index (χ4n) is 0.806. The quantitative estimate of drug-likeness (QED) is 0.379. The predicted molar refractivity (Wildman–Crippen MR) is 32.0 cm³/mol.